The number of carbonyl (C=O) groups is 1. The van der Waals surface area contributed by atoms with Crippen LogP contribution >= 0.6 is 11.9 Å². The van der Waals surface area contributed by atoms with Crippen LogP contribution in [0.25, 0.3) is 0 Å². The van der Waals surface area contributed by atoms with Crippen LogP contribution in [0.5, 0.6) is 0 Å². The Morgan fingerprint density at radius 1 is 1.42 bits per heavy atom. The molecule has 0 bridgehead atoms. The first kappa shape index (κ1) is 15.0. The van der Waals surface area contributed by atoms with Crippen LogP contribution in [0.15, 0.2) is 12.2 Å². The Kier molecular flexibility index (Phi) is 4.06. The molecule has 3 atom stereocenters. The van der Waals surface area contributed by atoms with Gasteiger partial charge in [0.05, 0.1) is 0 Å². The van der Waals surface area contributed by atoms with E-state index in [1.54, 1.807) is 18.0 Å². The molecule has 0 aromatic heterocycles. The second-order valence-electron chi connectivity index (χ2n) is 6.74. The van der Waals surface area contributed by atoms with E-state index >= 15 is 0 Å². The van der Waals surface area contributed by atoms with Crippen molar-refractivity contribution in [2.24, 2.45) is 16.7 Å². The van der Waals surface area contributed by atoms with Crippen molar-refractivity contribution < 1.29 is 4.79 Å². The minimum absolute atomic E-state index is 0.173. The first-order chi connectivity index (χ1) is 8.87. The summed E-state index contributed by atoms with van der Waals surface area (Å²) in [5.74, 6) is 2.01. The highest BCUT2D eigenvalue weighted by atomic mass is 32.2. The van der Waals surface area contributed by atoms with E-state index in [0.29, 0.717) is 16.9 Å². The lowest BCUT2D eigenvalue weighted by atomic mass is 9.62. The number of carbonyl (C=O) groups excluding carboxylic acids is 1. The molecule has 1 saturated carbocycles. The molecule has 3 heteroatoms. The molecule has 2 nitrogen and oxygen atoms in total. The van der Waals surface area contributed by atoms with E-state index in [0.717, 1.165) is 18.1 Å². The maximum absolute atomic E-state index is 12.3. The van der Waals surface area contributed by atoms with Crippen molar-refractivity contribution in [3.8, 4) is 0 Å². The molecule has 19 heavy (non-hydrogen) atoms. The van der Waals surface area contributed by atoms with E-state index < -0.39 is 0 Å². The molecule has 1 heterocycles. The number of amides is 1. The fraction of sp³-hybridized carbons (Fsp3) is 0.812. The Morgan fingerprint density at radius 3 is 2.63 bits per heavy atom. The maximum Gasteiger partial charge on any atom is 0.256 e. The molecule has 1 amide bonds. The molecule has 1 unspecified atom stereocenters. The lowest BCUT2D eigenvalue weighted by molar-refractivity contribution is -0.124. The summed E-state index contributed by atoms with van der Waals surface area (Å²) in [5, 5.41) is 0. The number of rotatable bonds is 2. The van der Waals surface area contributed by atoms with Gasteiger partial charge in [-0.15, -0.1) is 0 Å². The predicted molar refractivity (Wildman–Crippen MR) is 82.8 cm³/mol. The molecular formula is C16H27NOS. The summed E-state index contributed by atoms with van der Waals surface area (Å²) in [6, 6.07) is 0.339. The van der Waals surface area contributed by atoms with Gasteiger partial charge in [-0.2, -0.15) is 0 Å². The number of nitrogens with zero attached hydrogens (tertiary/aromatic N) is 1. The highest BCUT2D eigenvalue weighted by Crippen LogP contribution is 2.63. The van der Waals surface area contributed by atoms with Gasteiger partial charge in [0.1, 0.15) is 0 Å². The zero-order valence-electron chi connectivity index (χ0n) is 12.9. The van der Waals surface area contributed by atoms with Crippen molar-refractivity contribution in [1.82, 2.24) is 4.31 Å². The van der Waals surface area contributed by atoms with Crippen molar-refractivity contribution in [2.75, 3.05) is 5.75 Å². The van der Waals surface area contributed by atoms with E-state index in [9.17, 15) is 4.79 Å². The molecule has 1 saturated heterocycles. The van der Waals surface area contributed by atoms with Crippen LogP contribution < -0.4 is 0 Å². The highest BCUT2D eigenvalue weighted by Gasteiger charge is 2.60. The van der Waals surface area contributed by atoms with E-state index in [1.807, 2.05) is 10.4 Å². The SMILES string of the molecule is CC/C=C\C(=O)N1SC[C@@]2(CCC(C)C2(C)C)[C@@H]1C. The van der Waals surface area contributed by atoms with E-state index in [4.69, 9.17) is 0 Å². The van der Waals surface area contributed by atoms with Crippen molar-refractivity contribution >= 4 is 17.9 Å². The topological polar surface area (TPSA) is 20.3 Å². The molecule has 0 aromatic rings. The Balaban J connectivity index is 2.20. The number of allylic oxidation sites excluding steroid dienone is 1. The van der Waals surface area contributed by atoms with Crippen molar-refractivity contribution in [1.29, 1.82) is 0 Å². The third-order valence-corrected chi connectivity index (χ3v) is 7.28. The molecule has 2 rings (SSSR count). The van der Waals surface area contributed by atoms with Crippen LogP contribution in [-0.4, -0.2) is 22.0 Å². The third kappa shape index (κ3) is 2.14. The summed E-state index contributed by atoms with van der Waals surface area (Å²) < 4.78 is 2.02. The largest absolute Gasteiger partial charge is 0.279 e. The smallest absolute Gasteiger partial charge is 0.256 e. The summed E-state index contributed by atoms with van der Waals surface area (Å²) in [6.07, 6.45) is 7.19. The normalized spacial score (nSPS) is 37.6. The van der Waals surface area contributed by atoms with Gasteiger partial charge in [0.2, 0.25) is 0 Å². The summed E-state index contributed by atoms with van der Waals surface area (Å²) in [5.41, 5.74) is 0.621. The van der Waals surface area contributed by atoms with Gasteiger partial charge in [-0.1, -0.05) is 33.8 Å². The molecule has 0 radical (unpaired) electrons. The highest BCUT2D eigenvalue weighted by molar-refractivity contribution is 7.97. The summed E-state index contributed by atoms with van der Waals surface area (Å²) in [4.78, 5) is 12.3. The third-order valence-electron chi connectivity index (χ3n) is 5.86. The average molecular weight is 281 g/mol. The minimum atomic E-state index is 0.173. The van der Waals surface area contributed by atoms with Gasteiger partial charge in [-0.25, -0.2) is 0 Å². The van der Waals surface area contributed by atoms with Crippen LogP contribution in [-0.2, 0) is 4.79 Å². The van der Waals surface area contributed by atoms with Gasteiger partial charge in [0.15, 0.2) is 0 Å². The van der Waals surface area contributed by atoms with Crippen LogP contribution in [0.1, 0.15) is 53.9 Å². The standard InChI is InChI=1S/C16H27NOS/c1-6-7-8-14(18)17-13(3)16(11-19-17)10-9-12(2)15(16,4)5/h7-8,12-13H,6,9-11H2,1-5H3/b8-7-/t12?,13-,16-/m0/s1. The second-order valence-corrected chi connectivity index (χ2v) is 7.68. The molecule has 1 aliphatic carbocycles. The van der Waals surface area contributed by atoms with Crippen LogP contribution in [0, 0.1) is 16.7 Å². The fourth-order valence-electron chi connectivity index (χ4n) is 3.84. The van der Waals surface area contributed by atoms with Crippen molar-refractivity contribution in [2.45, 2.75) is 59.9 Å². The molecule has 1 aliphatic heterocycles. The van der Waals surface area contributed by atoms with Crippen LogP contribution in [0.3, 0.4) is 0 Å². The van der Waals surface area contributed by atoms with Gasteiger partial charge >= 0.3 is 0 Å². The molecular weight excluding hydrogens is 254 g/mol. The minimum Gasteiger partial charge on any atom is -0.279 e. The molecule has 0 aromatic carbocycles. The van der Waals surface area contributed by atoms with Gasteiger partial charge in [0, 0.05) is 17.2 Å². The van der Waals surface area contributed by atoms with Crippen molar-refractivity contribution in [3.05, 3.63) is 12.2 Å². The number of hydrogen-bond donors (Lipinski definition) is 0. The molecule has 1 spiro atoms. The second kappa shape index (κ2) is 5.16. The Hall–Kier alpha value is -0.440. The predicted octanol–water partition coefficient (Wildman–Crippen LogP) is 4.27. The lowest BCUT2D eigenvalue weighted by Crippen LogP contribution is -2.47. The zero-order chi connectivity index (χ0) is 14.3. The van der Waals surface area contributed by atoms with Gasteiger partial charge in [-0.3, -0.25) is 9.10 Å². The molecule has 2 aliphatic rings. The summed E-state index contributed by atoms with van der Waals surface area (Å²) in [7, 11) is 0. The Morgan fingerprint density at radius 2 is 2.11 bits per heavy atom. The fourth-order valence-corrected chi connectivity index (χ4v) is 5.58. The van der Waals surface area contributed by atoms with E-state index in [2.05, 4.69) is 34.6 Å². The Bertz CT molecular complexity index is 390. The quantitative estimate of drug-likeness (QED) is 0.556. The summed E-state index contributed by atoms with van der Waals surface area (Å²) in [6.45, 7) is 11.5. The maximum atomic E-state index is 12.3. The monoisotopic (exact) mass is 281 g/mol. The van der Waals surface area contributed by atoms with E-state index in [1.165, 1.54) is 12.8 Å². The zero-order valence-corrected chi connectivity index (χ0v) is 13.7. The first-order valence-corrected chi connectivity index (χ1v) is 8.43. The number of hydrogen-bond acceptors (Lipinski definition) is 2. The average Bonchev–Trinajstić information content (AvgIpc) is 2.81. The molecule has 108 valence electrons. The van der Waals surface area contributed by atoms with E-state index in [-0.39, 0.29) is 5.91 Å². The van der Waals surface area contributed by atoms with Gasteiger partial charge in [0.25, 0.3) is 5.91 Å². The first-order valence-electron chi connectivity index (χ1n) is 7.49. The molecule has 0 N–H and O–H groups in total. The lowest BCUT2D eigenvalue weighted by Gasteiger charge is -2.44. The van der Waals surface area contributed by atoms with Crippen LogP contribution in [0.4, 0.5) is 0 Å². The van der Waals surface area contributed by atoms with Crippen molar-refractivity contribution in [3.63, 3.8) is 0 Å². The Labute approximate surface area is 122 Å². The molecule has 2 fully saturated rings. The van der Waals surface area contributed by atoms with Gasteiger partial charge < -0.3 is 0 Å². The summed E-state index contributed by atoms with van der Waals surface area (Å²) >= 11 is 1.74. The van der Waals surface area contributed by atoms with Crippen LogP contribution in [0.2, 0.25) is 0 Å². The van der Waals surface area contributed by atoms with Gasteiger partial charge in [-0.05, 0) is 55.5 Å².